The molecule has 0 spiro atoms. The summed E-state index contributed by atoms with van der Waals surface area (Å²) >= 11 is 6.29. The first-order valence-electron chi connectivity index (χ1n) is 5.67. The first-order chi connectivity index (χ1) is 8.06. The first-order valence-corrected chi connectivity index (χ1v) is 6.05. The molecule has 0 aliphatic carbocycles. The predicted molar refractivity (Wildman–Crippen MR) is 71.4 cm³/mol. The van der Waals surface area contributed by atoms with Crippen LogP contribution in [0.25, 0.3) is 0 Å². The molecule has 96 valence electrons. The molecule has 0 fully saturated rings. The molecule has 0 saturated heterocycles. The van der Waals surface area contributed by atoms with Crippen LogP contribution in [0.4, 0.5) is 0 Å². The molecule has 4 heteroatoms. The van der Waals surface area contributed by atoms with E-state index in [4.69, 9.17) is 26.8 Å². The molecule has 3 nitrogen and oxygen atoms in total. The van der Waals surface area contributed by atoms with Crippen molar-refractivity contribution in [3.05, 3.63) is 22.2 Å². The maximum Gasteiger partial charge on any atom is 0.141 e. The van der Waals surface area contributed by atoms with Gasteiger partial charge in [-0.25, -0.2) is 0 Å². The highest BCUT2D eigenvalue weighted by Crippen LogP contribution is 2.41. The van der Waals surface area contributed by atoms with E-state index in [-0.39, 0.29) is 0 Å². The molecule has 0 amide bonds. The average molecular weight is 258 g/mol. The van der Waals surface area contributed by atoms with E-state index in [0.29, 0.717) is 17.5 Å². The Labute approximate surface area is 108 Å². The van der Waals surface area contributed by atoms with E-state index in [1.165, 1.54) is 0 Å². The number of hydrogen-bond acceptors (Lipinski definition) is 3. The van der Waals surface area contributed by atoms with Crippen molar-refractivity contribution < 1.29 is 9.47 Å². The Kier molecular flexibility index (Phi) is 5.09. The summed E-state index contributed by atoms with van der Waals surface area (Å²) in [5.41, 5.74) is 7.54. The van der Waals surface area contributed by atoms with Crippen LogP contribution in [0.5, 0.6) is 11.5 Å². The number of ether oxygens (including phenoxy) is 2. The average Bonchev–Trinajstić information content (AvgIpc) is 2.32. The summed E-state index contributed by atoms with van der Waals surface area (Å²) in [5.74, 6) is 1.81. The normalized spacial score (nSPS) is 12.4. The molecule has 17 heavy (non-hydrogen) atoms. The number of methoxy groups -OCH3 is 2. The Hall–Kier alpha value is -0.930. The first kappa shape index (κ1) is 14.1. The fourth-order valence-corrected chi connectivity index (χ4v) is 2.19. The van der Waals surface area contributed by atoms with E-state index in [1.807, 2.05) is 13.0 Å². The Morgan fingerprint density at radius 2 is 2.00 bits per heavy atom. The number of halogens is 1. The Morgan fingerprint density at radius 3 is 2.47 bits per heavy atom. The summed E-state index contributed by atoms with van der Waals surface area (Å²) in [6.45, 7) is 4.66. The molecule has 0 radical (unpaired) electrons. The van der Waals surface area contributed by atoms with E-state index in [0.717, 1.165) is 29.0 Å². The van der Waals surface area contributed by atoms with Crippen LogP contribution in [0, 0.1) is 6.92 Å². The van der Waals surface area contributed by atoms with Crippen LogP contribution in [0.3, 0.4) is 0 Å². The minimum atomic E-state index is 0.293. The highest BCUT2D eigenvalue weighted by molar-refractivity contribution is 6.33. The van der Waals surface area contributed by atoms with Gasteiger partial charge in [0.1, 0.15) is 11.5 Å². The molecule has 0 heterocycles. The van der Waals surface area contributed by atoms with Gasteiger partial charge in [0.15, 0.2) is 0 Å². The molecule has 0 aliphatic rings. The van der Waals surface area contributed by atoms with Crippen LogP contribution < -0.4 is 15.2 Å². The van der Waals surface area contributed by atoms with E-state index in [2.05, 4.69) is 6.92 Å². The number of rotatable bonds is 5. The third-order valence-corrected chi connectivity index (χ3v) is 3.46. The molecule has 1 unspecified atom stereocenters. The van der Waals surface area contributed by atoms with Crippen molar-refractivity contribution in [1.82, 2.24) is 0 Å². The molecular formula is C13H20ClNO2. The van der Waals surface area contributed by atoms with Gasteiger partial charge in [0.05, 0.1) is 19.2 Å². The van der Waals surface area contributed by atoms with Gasteiger partial charge in [0.2, 0.25) is 0 Å². The molecule has 0 bridgehead atoms. The van der Waals surface area contributed by atoms with Gasteiger partial charge in [0, 0.05) is 11.1 Å². The summed E-state index contributed by atoms with van der Waals surface area (Å²) in [6, 6.07) is 1.99. The third kappa shape index (κ3) is 2.85. The van der Waals surface area contributed by atoms with E-state index < -0.39 is 0 Å². The molecule has 0 aromatic heterocycles. The molecular weight excluding hydrogens is 238 g/mol. The summed E-state index contributed by atoms with van der Waals surface area (Å²) in [5, 5.41) is 0.616. The van der Waals surface area contributed by atoms with Crippen LogP contribution in [0.15, 0.2) is 6.07 Å². The van der Waals surface area contributed by atoms with Crippen molar-refractivity contribution >= 4 is 11.6 Å². The van der Waals surface area contributed by atoms with Crippen molar-refractivity contribution in [3.8, 4) is 11.5 Å². The lowest BCUT2D eigenvalue weighted by molar-refractivity contribution is 0.393. The van der Waals surface area contributed by atoms with Crippen molar-refractivity contribution in [3.63, 3.8) is 0 Å². The zero-order valence-electron chi connectivity index (χ0n) is 10.8. The second-order valence-corrected chi connectivity index (χ2v) is 4.50. The zero-order chi connectivity index (χ0) is 13.0. The lowest BCUT2D eigenvalue weighted by atomic mass is 9.95. The molecule has 1 aromatic carbocycles. The van der Waals surface area contributed by atoms with Crippen LogP contribution in [0.2, 0.25) is 5.02 Å². The van der Waals surface area contributed by atoms with Crippen molar-refractivity contribution in [2.24, 2.45) is 5.73 Å². The zero-order valence-corrected chi connectivity index (χ0v) is 11.6. The van der Waals surface area contributed by atoms with Crippen molar-refractivity contribution in [1.29, 1.82) is 0 Å². The lowest BCUT2D eigenvalue weighted by Crippen LogP contribution is -2.07. The highest BCUT2D eigenvalue weighted by Gasteiger charge is 2.19. The minimum Gasteiger partial charge on any atom is -0.496 e. The standard InChI is InChI=1S/C13H20ClNO2/c1-8(5-6-15)10-7-11(16-3)9(2)12(14)13(10)17-4/h7-8H,5-6,15H2,1-4H3. The monoisotopic (exact) mass is 257 g/mol. The fourth-order valence-electron chi connectivity index (χ4n) is 1.91. The van der Waals surface area contributed by atoms with E-state index in [9.17, 15) is 0 Å². The summed E-state index contributed by atoms with van der Waals surface area (Å²) in [7, 11) is 3.27. The van der Waals surface area contributed by atoms with Crippen LogP contribution >= 0.6 is 11.6 Å². The largest absolute Gasteiger partial charge is 0.496 e. The number of nitrogens with two attached hydrogens (primary N) is 1. The van der Waals surface area contributed by atoms with Gasteiger partial charge in [-0.15, -0.1) is 0 Å². The summed E-state index contributed by atoms with van der Waals surface area (Å²) in [6.07, 6.45) is 0.888. The van der Waals surface area contributed by atoms with Gasteiger partial charge < -0.3 is 15.2 Å². The smallest absolute Gasteiger partial charge is 0.141 e. The quantitative estimate of drug-likeness (QED) is 0.882. The molecule has 1 aromatic rings. The molecule has 2 N–H and O–H groups in total. The predicted octanol–water partition coefficient (Wildman–Crippen LogP) is 3.12. The van der Waals surface area contributed by atoms with E-state index in [1.54, 1.807) is 14.2 Å². The second kappa shape index (κ2) is 6.12. The fraction of sp³-hybridized carbons (Fsp3) is 0.538. The van der Waals surface area contributed by atoms with Crippen LogP contribution in [-0.2, 0) is 0 Å². The maximum atomic E-state index is 6.29. The highest BCUT2D eigenvalue weighted by atomic mass is 35.5. The molecule has 0 aliphatic heterocycles. The topological polar surface area (TPSA) is 44.5 Å². The van der Waals surface area contributed by atoms with Gasteiger partial charge in [-0.05, 0) is 31.9 Å². The van der Waals surface area contributed by atoms with Gasteiger partial charge in [-0.3, -0.25) is 0 Å². The number of benzene rings is 1. The summed E-state index contributed by atoms with van der Waals surface area (Å²) < 4.78 is 10.7. The maximum absolute atomic E-state index is 6.29. The van der Waals surface area contributed by atoms with Crippen molar-refractivity contribution in [2.75, 3.05) is 20.8 Å². The van der Waals surface area contributed by atoms with E-state index >= 15 is 0 Å². The third-order valence-electron chi connectivity index (χ3n) is 3.00. The lowest BCUT2D eigenvalue weighted by Gasteiger charge is -2.19. The second-order valence-electron chi connectivity index (χ2n) is 4.12. The van der Waals surface area contributed by atoms with Gasteiger partial charge in [0.25, 0.3) is 0 Å². The van der Waals surface area contributed by atoms with Gasteiger partial charge in [-0.1, -0.05) is 18.5 Å². The Morgan fingerprint density at radius 1 is 1.35 bits per heavy atom. The Balaban J connectivity index is 3.31. The molecule has 1 atom stereocenters. The Bertz CT molecular complexity index is 393. The molecule has 1 rings (SSSR count). The summed E-state index contributed by atoms with van der Waals surface area (Å²) in [4.78, 5) is 0. The number of hydrogen-bond donors (Lipinski definition) is 1. The van der Waals surface area contributed by atoms with Gasteiger partial charge in [-0.2, -0.15) is 0 Å². The SMILES string of the molecule is COc1cc(C(C)CCN)c(OC)c(Cl)c1C. The van der Waals surface area contributed by atoms with Crippen LogP contribution in [-0.4, -0.2) is 20.8 Å². The van der Waals surface area contributed by atoms with Crippen LogP contribution in [0.1, 0.15) is 30.4 Å². The molecule has 0 saturated carbocycles. The van der Waals surface area contributed by atoms with Gasteiger partial charge >= 0.3 is 0 Å². The van der Waals surface area contributed by atoms with Crippen molar-refractivity contribution in [2.45, 2.75) is 26.2 Å². The minimum absolute atomic E-state index is 0.293.